The Labute approximate surface area is 118 Å². The second kappa shape index (κ2) is 7.43. The highest BCUT2D eigenvalue weighted by atomic mass is 16.5. The summed E-state index contributed by atoms with van der Waals surface area (Å²) in [5, 5.41) is 12.2. The molecule has 0 bridgehead atoms. The Hall–Kier alpha value is -2.16. The zero-order valence-corrected chi connectivity index (χ0v) is 11.5. The maximum atomic E-state index is 8.87. The minimum Gasteiger partial charge on any atom is -0.383 e. The number of methoxy groups -OCH3 is 1. The van der Waals surface area contributed by atoms with E-state index >= 15 is 0 Å². The molecule has 2 aromatic rings. The second-order valence-electron chi connectivity index (χ2n) is 4.46. The fourth-order valence-electron chi connectivity index (χ4n) is 1.99. The van der Waals surface area contributed by atoms with Gasteiger partial charge in [0.1, 0.15) is 11.8 Å². The Balaban J connectivity index is 1.99. The minimum atomic E-state index is 0.453. The van der Waals surface area contributed by atoms with Gasteiger partial charge in [-0.3, -0.25) is 0 Å². The third-order valence-electron chi connectivity index (χ3n) is 3.00. The van der Waals surface area contributed by atoms with Gasteiger partial charge in [0, 0.05) is 44.8 Å². The van der Waals surface area contributed by atoms with Crippen LogP contribution in [0.2, 0.25) is 0 Å². The van der Waals surface area contributed by atoms with Crippen molar-refractivity contribution in [1.82, 2.24) is 14.9 Å². The number of rotatable bonds is 7. The third kappa shape index (κ3) is 3.92. The van der Waals surface area contributed by atoms with E-state index in [4.69, 9.17) is 10.00 Å². The topological polar surface area (TPSA) is 62.9 Å². The lowest BCUT2D eigenvalue weighted by Gasteiger charge is -2.10. The fourth-order valence-corrected chi connectivity index (χ4v) is 1.99. The molecule has 2 aromatic heterocycles. The largest absolute Gasteiger partial charge is 0.383 e. The zero-order valence-electron chi connectivity index (χ0n) is 11.5. The summed E-state index contributed by atoms with van der Waals surface area (Å²) >= 11 is 0. The molecule has 0 aliphatic carbocycles. The predicted molar refractivity (Wildman–Crippen MR) is 76.1 cm³/mol. The molecule has 20 heavy (non-hydrogen) atoms. The van der Waals surface area contributed by atoms with E-state index in [2.05, 4.69) is 27.0 Å². The molecule has 0 atom stereocenters. The minimum absolute atomic E-state index is 0.453. The molecule has 0 aromatic carbocycles. The van der Waals surface area contributed by atoms with Crippen molar-refractivity contribution in [2.75, 3.05) is 20.3 Å². The summed E-state index contributed by atoms with van der Waals surface area (Å²) in [6.45, 7) is 3.07. The Kier molecular flexibility index (Phi) is 5.30. The standard InChI is InChI=1S/C15H18N4O/c1-20-8-6-17-11-15-3-2-7-19(15)12-13-4-5-18-14(9-13)10-16/h2-5,7,9,17H,6,8,11-12H2,1H3. The first-order chi connectivity index (χ1) is 9.83. The monoisotopic (exact) mass is 270 g/mol. The predicted octanol–water partition coefficient (Wildman–Crippen LogP) is 1.54. The maximum Gasteiger partial charge on any atom is 0.140 e. The van der Waals surface area contributed by atoms with E-state index in [1.54, 1.807) is 13.3 Å². The second-order valence-corrected chi connectivity index (χ2v) is 4.46. The number of nitriles is 1. The summed E-state index contributed by atoms with van der Waals surface area (Å²) in [6, 6.07) is 9.94. The lowest BCUT2D eigenvalue weighted by Crippen LogP contribution is -2.20. The SMILES string of the molecule is COCCNCc1cccn1Cc1ccnc(C#N)c1. The van der Waals surface area contributed by atoms with Gasteiger partial charge in [0.25, 0.3) is 0 Å². The van der Waals surface area contributed by atoms with Gasteiger partial charge in [0.15, 0.2) is 0 Å². The zero-order chi connectivity index (χ0) is 14.2. The fraction of sp³-hybridized carbons (Fsp3) is 0.333. The third-order valence-corrected chi connectivity index (χ3v) is 3.00. The van der Waals surface area contributed by atoms with E-state index in [9.17, 15) is 0 Å². The highest BCUT2D eigenvalue weighted by molar-refractivity contribution is 5.26. The lowest BCUT2D eigenvalue weighted by atomic mass is 10.2. The van der Waals surface area contributed by atoms with E-state index in [1.807, 2.05) is 24.4 Å². The number of aromatic nitrogens is 2. The molecule has 0 fully saturated rings. The molecule has 104 valence electrons. The van der Waals surface area contributed by atoms with Crippen LogP contribution in [0.4, 0.5) is 0 Å². The van der Waals surface area contributed by atoms with Crippen LogP contribution in [0.5, 0.6) is 0 Å². The molecule has 0 radical (unpaired) electrons. The first-order valence-electron chi connectivity index (χ1n) is 6.52. The average molecular weight is 270 g/mol. The molecule has 0 spiro atoms. The Morgan fingerprint density at radius 1 is 1.45 bits per heavy atom. The Bertz CT molecular complexity index is 586. The Morgan fingerprint density at radius 2 is 2.35 bits per heavy atom. The Morgan fingerprint density at radius 3 is 3.15 bits per heavy atom. The van der Waals surface area contributed by atoms with Crippen molar-refractivity contribution in [1.29, 1.82) is 5.26 Å². The summed E-state index contributed by atoms with van der Waals surface area (Å²) < 4.78 is 7.17. The molecule has 0 amide bonds. The van der Waals surface area contributed by atoms with Gasteiger partial charge in [-0.25, -0.2) is 4.98 Å². The van der Waals surface area contributed by atoms with E-state index in [0.29, 0.717) is 12.3 Å². The smallest absolute Gasteiger partial charge is 0.140 e. The van der Waals surface area contributed by atoms with Crippen LogP contribution < -0.4 is 5.32 Å². The maximum absolute atomic E-state index is 8.87. The summed E-state index contributed by atoms with van der Waals surface area (Å²) in [6.07, 6.45) is 3.72. The highest BCUT2D eigenvalue weighted by Crippen LogP contribution is 2.08. The van der Waals surface area contributed by atoms with Crippen molar-refractivity contribution >= 4 is 0 Å². The molecule has 0 unspecified atom stereocenters. The van der Waals surface area contributed by atoms with Crippen LogP contribution in [0, 0.1) is 11.3 Å². The van der Waals surface area contributed by atoms with Crippen LogP contribution >= 0.6 is 0 Å². The van der Waals surface area contributed by atoms with Gasteiger partial charge in [-0.2, -0.15) is 5.26 Å². The number of hydrogen-bond donors (Lipinski definition) is 1. The molecule has 0 aliphatic heterocycles. The quantitative estimate of drug-likeness (QED) is 0.775. The van der Waals surface area contributed by atoms with Crippen LogP contribution in [0.3, 0.4) is 0 Å². The normalized spacial score (nSPS) is 10.4. The van der Waals surface area contributed by atoms with Crippen molar-refractivity contribution in [3.63, 3.8) is 0 Å². The van der Waals surface area contributed by atoms with Gasteiger partial charge in [0.05, 0.1) is 6.61 Å². The summed E-state index contributed by atoms with van der Waals surface area (Å²) in [5.74, 6) is 0. The molecule has 5 heteroatoms. The molecule has 2 heterocycles. The van der Waals surface area contributed by atoms with Crippen molar-refractivity contribution in [2.24, 2.45) is 0 Å². The van der Waals surface area contributed by atoms with Crippen molar-refractivity contribution < 1.29 is 4.74 Å². The van der Waals surface area contributed by atoms with Crippen LogP contribution in [-0.2, 0) is 17.8 Å². The number of pyridine rings is 1. The van der Waals surface area contributed by atoms with Crippen molar-refractivity contribution in [2.45, 2.75) is 13.1 Å². The van der Waals surface area contributed by atoms with Gasteiger partial charge >= 0.3 is 0 Å². The first kappa shape index (κ1) is 14.3. The molecule has 0 aliphatic rings. The van der Waals surface area contributed by atoms with E-state index in [-0.39, 0.29) is 0 Å². The number of ether oxygens (including phenoxy) is 1. The number of hydrogen-bond acceptors (Lipinski definition) is 4. The van der Waals surface area contributed by atoms with Gasteiger partial charge in [-0.15, -0.1) is 0 Å². The molecule has 2 rings (SSSR count). The van der Waals surface area contributed by atoms with Crippen molar-refractivity contribution in [3.05, 3.63) is 53.6 Å². The van der Waals surface area contributed by atoms with E-state index in [0.717, 1.165) is 25.2 Å². The molecular formula is C15H18N4O. The van der Waals surface area contributed by atoms with Crippen LogP contribution in [-0.4, -0.2) is 29.8 Å². The van der Waals surface area contributed by atoms with Crippen LogP contribution in [0.1, 0.15) is 17.0 Å². The van der Waals surface area contributed by atoms with Gasteiger partial charge in [-0.05, 0) is 29.8 Å². The van der Waals surface area contributed by atoms with Gasteiger partial charge < -0.3 is 14.6 Å². The molecule has 1 N–H and O–H groups in total. The average Bonchev–Trinajstić information content (AvgIpc) is 2.91. The van der Waals surface area contributed by atoms with E-state index < -0.39 is 0 Å². The van der Waals surface area contributed by atoms with Gasteiger partial charge in [0.2, 0.25) is 0 Å². The van der Waals surface area contributed by atoms with Crippen LogP contribution in [0.15, 0.2) is 36.7 Å². The summed E-state index contributed by atoms with van der Waals surface area (Å²) in [7, 11) is 1.70. The van der Waals surface area contributed by atoms with Crippen molar-refractivity contribution in [3.8, 4) is 6.07 Å². The number of nitrogens with one attached hydrogen (secondary N) is 1. The number of nitrogens with zero attached hydrogens (tertiary/aromatic N) is 3. The molecule has 5 nitrogen and oxygen atoms in total. The molecule has 0 saturated heterocycles. The first-order valence-corrected chi connectivity index (χ1v) is 6.52. The van der Waals surface area contributed by atoms with Crippen LogP contribution in [0.25, 0.3) is 0 Å². The highest BCUT2D eigenvalue weighted by Gasteiger charge is 2.03. The van der Waals surface area contributed by atoms with Gasteiger partial charge in [-0.1, -0.05) is 0 Å². The summed E-state index contributed by atoms with van der Waals surface area (Å²) in [5.41, 5.74) is 2.73. The van der Waals surface area contributed by atoms with E-state index in [1.165, 1.54) is 5.69 Å². The molecular weight excluding hydrogens is 252 g/mol. The lowest BCUT2D eigenvalue weighted by molar-refractivity contribution is 0.199. The summed E-state index contributed by atoms with van der Waals surface area (Å²) in [4.78, 5) is 3.98. The molecule has 0 saturated carbocycles.